The van der Waals surface area contributed by atoms with Crippen LogP contribution in [0.3, 0.4) is 0 Å². The number of hydrogen-bond acceptors (Lipinski definition) is 3. The van der Waals surface area contributed by atoms with Gasteiger partial charge < -0.3 is 5.32 Å². The molecule has 0 atom stereocenters. The SMILES string of the molecule is Cc1nn(Cc2ccc(C(=O)Nc3ccn(Cc4c(F)c(F)cc(F)c4F)n3)cc2)c(C)c1Br. The maximum Gasteiger partial charge on any atom is 0.256 e. The zero-order valence-corrected chi connectivity index (χ0v) is 19.6. The molecule has 1 N–H and O–H groups in total. The Morgan fingerprint density at radius 3 is 2.21 bits per heavy atom. The molecule has 1 amide bonds. The Kier molecular flexibility index (Phi) is 6.56. The molecule has 176 valence electrons. The summed E-state index contributed by atoms with van der Waals surface area (Å²) in [5.74, 6) is -6.31. The van der Waals surface area contributed by atoms with Crippen LogP contribution in [0.1, 0.15) is 32.9 Å². The largest absolute Gasteiger partial charge is 0.305 e. The van der Waals surface area contributed by atoms with E-state index in [4.69, 9.17) is 0 Å². The third-order valence-corrected chi connectivity index (χ3v) is 6.39. The second kappa shape index (κ2) is 9.41. The van der Waals surface area contributed by atoms with Gasteiger partial charge in [-0.15, -0.1) is 0 Å². The van der Waals surface area contributed by atoms with Crippen LogP contribution in [0.25, 0.3) is 0 Å². The van der Waals surface area contributed by atoms with Gasteiger partial charge in [-0.2, -0.15) is 10.2 Å². The normalized spacial score (nSPS) is 11.1. The van der Waals surface area contributed by atoms with E-state index in [-0.39, 0.29) is 11.9 Å². The second-order valence-electron chi connectivity index (χ2n) is 7.64. The van der Waals surface area contributed by atoms with Crippen LogP contribution in [0.15, 0.2) is 47.1 Å². The molecule has 0 fully saturated rings. The number of rotatable bonds is 6. The Hall–Kier alpha value is -3.47. The molecule has 2 heterocycles. The van der Waals surface area contributed by atoms with E-state index in [9.17, 15) is 22.4 Å². The van der Waals surface area contributed by atoms with Crippen LogP contribution >= 0.6 is 15.9 Å². The number of carbonyl (C=O) groups excluding carboxylic acids is 1. The average Bonchev–Trinajstić information content (AvgIpc) is 3.35. The highest BCUT2D eigenvalue weighted by molar-refractivity contribution is 9.10. The lowest BCUT2D eigenvalue weighted by Gasteiger charge is -2.08. The summed E-state index contributed by atoms with van der Waals surface area (Å²) in [5, 5.41) is 11.0. The summed E-state index contributed by atoms with van der Waals surface area (Å²) in [5.41, 5.74) is 2.41. The minimum Gasteiger partial charge on any atom is -0.305 e. The molecule has 0 unspecified atom stereocenters. The fraction of sp³-hybridized carbons (Fsp3) is 0.174. The molecule has 0 aliphatic heterocycles. The number of anilines is 1. The van der Waals surface area contributed by atoms with Crippen molar-refractivity contribution in [2.45, 2.75) is 26.9 Å². The van der Waals surface area contributed by atoms with Crippen LogP contribution in [0.2, 0.25) is 0 Å². The molecular weight excluding hydrogens is 518 g/mol. The van der Waals surface area contributed by atoms with Crippen LogP contribution in [-0.2, 0) is 13.1 Å². The lowest BCUT2D eigenvalue weighted by molar-refractivity contribution is 0.102. The van der Waals surface area contributed by atoms with E-state index in [1.807, 2.05) is 30.7 Å². The Morgan fingerprint density at radius 2 is 1.62 bits per heavy atom. The van der Waals surface area contributed by atoms with Crippen LogP contribution in [0.4, 0.5) is 23.4 Å². The standard InChI is InChI=1S/C23H18BrF4N5O/c1-12-20(24)13(2)33(30-12)10-14-3-5-15(6-4-14)23(34)29-19-7-8-32(31-19)11-16-21(27)17(25)9-18(26)22(16)28/h3-9H,10-11H2,1-2H3,(H,29,31,34). The van der Waals surface area contributed by atoms with E-state index in [1.165, 1.54) is 12.3 Å². The summed E-state index contributed by atoms with van der Waals surface area (Å²) >= 11 is 3.49. The quantitative estimate of drug-likeness (QED) is 0.267. The van der Waals surface area contributed by atoms with Gasteiger partial charge in [0.1, 0.15) is 0 Å². The molecule has 0 bridgehead atoms. The fourth-order valence-corrected chi connectivity index (χ4v) is 3.68. The second-order valence-corrected chi connectivity index (χ2v) is 8.43. The number of aromatic nitrogens is 4. The van der Waals surface area contributed by atoms with Gasteiger partial charge in [0, 0.05) is 23.9 Å². The van der Waals surface area contributed by atoms with Crippen molar-refractivity contribution in [3.05, 3.63) is 98.4 Å². The predicted octanol–water partition coefficient (Wildman–Crippen LogP) is 5.36. The topological polar surface area (TPSA) is 64.7 Å². The minimum absolute atomic E-state index is 0.110. The average molecular weight is 536 g/mol. The molecule has 0 aliphatic rings. The van der Waals surface area contributed by atoms with Crippen molar-refractivity contribution in [3.63, 3.8) is 0 Å². The zero-order chi connectivity index (χ0) is 24.6. The number of benzene rings is 2. The fourth-order valence-electron chi connectivity index (χ4n) is 3.39. The number of hydrogen-bond donors (Lipinski definition) is 1. The van der Waals surface area contributed by atoms with Gasteiger partial charge in [-0.1, -0.05) is 12.1 Å². The first-order valence-electron chi connectivity index (χ1n) is 10.1. The first-order valence-corrected chi connectivity index (χ1v) is 10.9. The van der Waals surface area contributed by atoms with Gasteiger partial charge in [-0.05, 0) is 47.5 Å². The third kappa shape index (κ3) is 4.74. The lowest BCUT2D eigenvalue weighted by Crippen LogP contribution is -2.14. The highest BCUT2D eigenvalue weighted by Gasteiger charge is 2.20. The van der Waals surface area contributed by atoms with E-state index in [2.05, 4.69) is 31.4 Å². The van der Waals surface area contributed by atoms with Crippen molar-refractivity contribution < 1.29 is 22.4 Å². The first-order chi connectivity index (χ1) is 16.1. The van der Waals surface area contributed by atoms with Gasteiger partial charge in [-0.3, -0.25) is 14.2 Å². The van der Waals surface area contributed by atoms with Gasteiger partial charge in [0.05, 0.1) is 34.5 Å². The molecule has 2 aromatic heterocycles. The monoisotopic (exact) mass is 535 g/mol. The van der Waals surface area contributed by atoms with Crippen LogP contribution in [-0.4, -0.2) is 25.5 Å². The molecule has 0 saturated carbocycles. The van der Waals surface area contributed by atoms with Crippen molar-refractivity contribution in [2.75, 3.05) is 5.32 Å². The highest BCUT2D eigenvalue weighted by atomic mass is 79.9. The molecule has 0 radical (unpaired) electrons. The van der Waals surface area contributed by atoms with E-state index in [1.54, 1.807) is 12.1 Å². The summed E-state index contributed by atoms with van der Waals surface area (Å²) in [6.45, 7) is 3.85. The van der Waals surface area contributed by atoms with Crippen molar-refractivity contribution in [3.8, 4) is 0 Å². The summed E-state index contributed by atoms with van der Waals surface area (Å²) < 4.78 is 58.4. The maximum atomic E-state index is 13.9. The molecule has 4 rings (SSSR count). The molecule has 4 aromatic rings. The van der Waals surface area contributed by atoms with Gasteiger partial charge in [0.25, 0.3) is 5.91 Å². The summed E-state index contributed by atoms with van der Waals surface area (Å²) in [7, 11) is 0. The van der Waals surface area contributed by atoms with Crippen molar-refractivity contribution in [1.82, 2.24) is 19.6 Å². The number of halogens is 5. The zero-order valence-electron chi connectivity index (χ0n) is 18.0. The van der Waals surface area contributed by atoms with Crippen molar-refractivity contribution in [1.29, 1.82) is 0 Å². The molecule has 2 aromatic carbocycles. The smallest absolute Gasteiger partial charge is 0.256 e. The molecule has 11 heteroatoms. The van der Waals surface area contributed by atoms with Gasteiger partial charge >= 0.3 is 0 Å². The Balaban J connectivity index is 1.42. The number of amides is 1. The molecule has 0 aliphatic carbocycles. The first kappa shape index (κ1) is 23.7. The Morgan fingerprint density at radius 1 is 0.971 bits per heavy atom. The lowest BCUT2D eigenvalue weighted by atomic mass is 10.1. The Bertz CT molecular complexity index is 1360. The van der Waals surface area contributed by atoms with Crippen molar-refractivity contribution in [2.24, 2.45) is 0 Å². The van der Waals surface area contributed by atoms with Crippen LogP contribution < -0.4 is 5.32 Å². The van der Waals surface area contributed by atoms with Gasteiger partial charge in [0.2, 0.25) is 0 Å². The minimum atomic E-state index is -1.50. The highest BCUT2D eigenvalue weighted by Crippen LogP contribution is 2.22. The number of aryl methyl sites for hydroxylation is 1. The molecule has 0 spiro atoms. The van der Waals surface area contributed by atoms with E-state index in [0.29, 0.717) is 12.1 Å². The van der Waals surface area contributed by atoms with Gasteiger partial charge in [0.15, 0.2) is 29.1 Å². The summed E-state index contributed by atoms with van der Waals surface area (Å²) in [4.78, 5) is 12.5. The number of nitrogens with zero attached hydrogens (tertiary/aromatic N) is 4. The maximum absolute atomic E-state index is 13.9. The van der Waals surface area contributed by atoms with E-state index < -0.39 is 41.3 Å². The Labute approximate surface area is 200 Å². The van der Waals surface area contributed by atoms with E-state index >= 15 is 0 Å². The van der Waals surface area contributed by atoms with Crippen molar-refractivity contribution >= 4 is 27.7 Å². The third-order valence-electron chi connectivity index (χ3n) is 5.25. The number of nitrogens with one attached hydrogen (secondary N) is 1. The molecule has 6 nitrogen and oxygen atoms in total. The molecule has 0 saturated heterocycles. The molecule has 34 heavy (non-hydrogen) atoms. The molecular formula is C23H18BrF4N5O. The number of carbonyl (C=O) groups is 1. The van der Waals surface area contributed by atoms with Crippen LogP contribution in [0, 0.1) is 37.1 Å². The van der Waals surface area contributed by atoms with E-state index in [0.717, 1.165) is 26.1 Å². The van der Waals surface area contributed by atoms with Gasteiger partial charge in [-0.25, -0.2) is 17.6 Å². The summed E-state index contributed by atoms with van der Waals surface area (Å²) in [6.07, 6.45) is 1.33. The summed E-state index contributed by atoms with van der Waals surface area (Å²) in [6, 6.07) is 8.47. The van der Waals surface area contributed by atoms with Crippen LogP contribution in [0.5, 0.6) is 0 Å². The predicted molar refractivity (Wildman–Crippen MR) is 121 cm³/mol.